The zero-order chi connectivity index (χ0) is 13.7. The van der Waals surface area contributed by atoms with Crippen LogP contribution in [0.4, 0.5) is 5.69 Å². The van der Waals surface area contributed by atoms with Gasteiger partial charge < -0.3 is 14.6 Å². The molecule has 3 nitrogen and oxygen atoms in total. The summed E-state index contributed by atoms with van der Waals surface area (Å²) in [6.45, 7) is 6.18. The highest BCUT2D eigenvalue weighted by Gasteiger charge is 2.02. The molecule has 102 valence electrons. The summed E-state index contributed by atoms with van der Waals surface area (Å²) in [5.74, 6) is 0.930. The van der Waals surface area contributed by atoms with Gasteiger partial charge in [-0.1, -0.05) is 6.92 Å². The second-order valence-corrected chi connectivity index (χ2v) is 4.73. The second kappa shape index (κ2) is 6.32. The van der Waals surface area contributed by atoms with E-state index >= 15 is 0 Å². The number of methoxy groups -OCH3 is 1. The summed E-state index contributed by atoms with van der Waals surface area (Å²) in [5, 5.41) is 3.46. The SMILES string of the molecule is CCCn1cccc1CNc1ccc(OC)c(C)c1. The fraction of sp³-hybridized carbons (Fsp3) is 0.375. The van der Waals surface area contributed by atoms with Crippen LogP contribution in [0, 0.1) is 6.92 Å². The Morgan fingerprint density at radius 3 is 2.79 bits per heavy atom. The summed E-state index contributed by atoms with van der Waals surface area (Å²) in [4.78, 5) is 0. The fourth-order valence-electron chi connectivity index (χ4n) is 2.25. The fourth-order valence-corrected chi connectivity index (χ4v) is 2.25. The van der Waals surface area contributed by atoms with E-state index in [1.165, 1.54) is 5.69 Å². The van der Waals surface area contributed by atoms with Gasteiger partial charge in [-0.3, -0.25) is 0 Å². The van der Waals surface area contributed by atoms with Gasteiger partial charge in [0.05, 0.1) is 13.7 Å². The van der Waals surface area contributed by atoms with Crippen LogP contribution in [0.5, 0.6) is 5.75 Å². The molecule has 1 N–H and O–H groups in total. The number of aryl methyl sites for hydroxylation is 2. The number of ether oxygens (including phenoxy) is 1. The first-order valence-corrected chi connectivity index (χ1v) is 6.77. The van der Waals surface area contributed by atoms with E-state index < -0.39 is 0 Å². The molecule has 2 aromatic rings. The lowest BCUT2D eigenvalue weighted by Crippen LogP contribution is -2.07. The minimum atomic E-state index is 0.846. The van der Waals surface area contributed by atoms with Crippen molar-refractivity contribution < 1.29 is 4.74 Å². The van der Waals surface area contributed by atoms with E-state index in [-0.39, 0.29) is 0 Å². The summed E-state index contributed by atoms with van der Waals surface area (Å²) in [6.07, 6.45) is 3.29. The monoisotopic (exact) mass is 258 g/mol. The summed E-state index contributed by atoms with van der Waals surface area (Å²) in [5.41, 5.74) is 3.59. The zero-order valence-electron chi connectivity index (χ0n) is 11.9. The Hall–Kier alpha value is -1.90. The van der Waals surface area contributed by atoms with Gasteiger partial charge in [0.25, 0.3) is 0 Å². The van der Waals surface area contributed by atoms with Gasteiger partial charge in [0, 0.05) is 24.1 Å². The first kappa shape index (κ1) is 13.5. The van der Waals surface area contributed by atoms with E-state index in [2.05, 4.69) is 54.2 Å². The molecule has 0 saturated heterocycles. The third kappa shape index (κ3) is 3.31. The van der Waals surface area contributed by atoms with E-state index in [0.29, 0.717) is 0 Å². The smallest absolute Gasteiger partial charge is 0.121 e. The Morgan fingerprint density at radius 2 is 2.11 bits per heavy atom. The standard InChI is InChI=1S/C16H22N2O/c1-4-9-18-10-5-6-15(18)12-17-14-7-8-16(19-3)13(2)11-14/h5-8,10-11,17H,4,9,12H2,1-3H3. The topological polar surface area (TPSA) is 26.2 Å². The van der Waals surface area contributed by atoms with Crippen LogP contribution < -0.4 is 10.1 Å². The maximum Gasteiger partial charge on any atom is 0.121 e. The Labute approximate surface area is 115 Å². The van der Waals surface area contributed by atoms with Crippen molar-refractivity contribution in [1.29, 1.82) is 0 Å². The van der Waals surface area contributed by atoms with E-state index in [1.807, 2.05) is 6.07 Å². The molecule has 1 aromatic carbocycles. The molecule has 3 heteroatoms. The lowest BCUT2D eigenvalue weighted by molar-refractivity contribution is 0.412. The summed E-state index contributed by atoms with van der Waals surface area (Å²) >= 11 is 0. The van der Waals surface area contributed by atoms with Gasteiger partial charge in [0.15, 0.2) is 0 Å². The summed E-state index contributed by atoms with van der Waals surface area (Å²) in [6, 6.07) is 10.4. The maximum atomic E-state index is 5.27. The first-order valence-electron chi connectivity index (χ1n) is 6.77. The third-order valence-electron chi connectivity index (χ3n) is 3.26. The second-order valence-electron chi connectivity index (χ2n) is 4.73. The van der Waals surface area contributed by atoms with E-state index in [9.17, 15) is 0 Å². The maximum absolute atomic E-state index is 5.27. The Kier molecular flexibility index (Phi) is 4.50. The van der Waals surface area contributed by atoms with E-state index in [1.54, 1.807) is 7.11 Å². The average molecular weight is 258 g/mol. The lowest BCUT2D eigenvalue weighted by Gasteiger charge is -2.12. The molecule has 1 aromatic heterocycles. The van der Waals surface area contributed by atoms with Crippen molar-refractivity contribution in [3.05, 3.63) is 47.8 Å². The number of hydrogen-bond acceptors (Lipinski definition) is 2. The Morgan fingerprint density at radius 1 is 1.26 bits per heavy atom. The number of benzene rings is 1. The molecule has 0 bridgehead atoms. The van der Waals surface area contributed by atoms with Crippen LogP contribution in [0.1, 0.15) is 24.6 Å². The molecular weight excluding hydrogens is 236 g/mol. The number of nitrogens with zero attached hydrogens (tertiary/aromatic N) is 1. The molecule has 0 fully saturated rings. The molecule has 0 radical (unpaired) electrons. The van der Waals surface area contributed by atoms with Crippen LogP contribution in [0.2, 0.25) is 0 Å². The van der Waals surface area contributed by atoms with Crippen molar-refractivity contribution in [2.24, 2.45) is 0 Å². The number of rotatable bonds is 6. The highest BCUT2D eigenvalue weighted by molar-refractivity contribution is 5.50. The van der Waals surface area contributed by atoms with Gasteiger partial charge in [-0.25, -0.2) is 0 Å². The van der Waals surface area contributed by atoms with Crippen molar-refractivity contribution in [1.82, 2.24) is 4.57 Å². The number of nitrogens with one attached hydrogen (secondary N) is 1. The number of anilines is 1. The van der Waals surface area contributed by atoms with Crippen LogP contribution in [-0.2, 0) is 13.1 Å². The molecule has 0 aliphatic carbocycles. The molecule has 2 rings (SSSR count). The van der Waals surface area contributed by atoms with Crippen LogP contribution >= 0.6 is 0 Å². The van der Waals surface area contributed by atoms with Crippen molar-refractivity contribution in [2.75, 3.05) is 12.4 Å². The van der Waals surface area contributed by atoms with E-state index in [0.717, 1.165) is 36.5 Å². The lowest BCUT2D eigenvalue weighted by atomic mass is 10.2. The molecule has 0 unspecified atom stereocenters. The first-order chi connectivity index (χ1) is 9.24. The molecule has 0 saturated carbocycles. The quantitative estimate of drug-likeness (QED) is 0.852. The van der Waals surface area contributed by atoms with Crippen LogP contribution in [0.25, 0.3) is 0 Å². The van der Waals surface area contributed by atoms with Crippen molar-refractivity contribution in [2.45, 2.75) is 33.4 Å². The molecule has 0 aliphatic heterocycles. The molecule has 0 atom stereocenters. The molecule has 0 spiro atoms. The van der Waals surface area contributed by atoms with Gasteiger partial charge in [-0.15, -0.1) is 0 Å². The van der Waals surface area contributed by atoms with Crippen LogP contribution in [0.15, 0.2) is 36.5 Å². The van der Waals surface area contributed by atoms with Crippen LogP contribution in [0.3, 0.4) is 0 Å². The minimum Gasteiger partial charge on any atom is -0.496 e. The molecule has 0 amide bonds. The zero-order valence-corrected chi connectivity index (χ0v) is 11.9. The molecule has 19 heavy (non-hydrogen) atoms. The average Bonchev–Trinajstić information content (AvgIpc) is 2.84. The van der Waals surface area contributed by atoms with Crippen molar-refractivity contribution >= 4 is 5.69 Å². The van der Waals surface area contributed by atoms with Crippen molar-refractivity contribution in [3.8, 4) is 5.75 Å². The Balaban J connectivity index is 2.02. The predicted molar refractivity (Wildman–Crippen MR) is 79.8 cm³/mol. The molecule has 1 heterocycles. The van der Waals surface area contributed by atoms with Gasteiger partial charge in [-0.2, -0.15) is 0 Å². The normalized spacial score (nSPS) is 10.5. The van der Waals surface area contributed by atoms with Crippen LogP contribution in [-0.4, -0.2) is 11.7 Å². The number of hydrogen-bond donors (Lipinski definition) is 1. The van der Waals surface area contributed by atoms with Gasteiger partial charge in [0.1, 0.15) is 5.75 Å². The highest BCUT2D eigenvalue weighted by atomic mass is 16.5. The summed E-state index contributed by atoms with van der Waals surface area (Å²) in [7, 11) is 1.70. The summed E-state index contributed by atoms with van der Waals surface area (Å²) < 4.78 is 7.56. The predicted octanol–water partition coefficient (Wildman–Crippen LogP) is 3.83. The van der Waals surface area contributed by atoms with E-state index in [4.69, 9.17) is 4.74 Å². The largest absolute Gasteiger partial charge is 0.496 e. The molecule has 0 aliphatic rings. The van der Waals surface area contributed by atoms with Gasteiger partial charge in [-0.05, 0) is 49.2 Å². The number of aromatic nitrogens is 1. The third-order valence-corrected chi connectivity index (χ3v) is 3.26. The van der Waals surface area contributed by atoms with Gasteiger partial charge >= 0.3 is 0 Å². The minimum absolute atomic E-state index is 0.846. The highest BCUT2D eigenvalue weighted by Crippen LogP contribution is 2.21. The van der Waals surface area contributed by atoms with Gasteiger partial charge in [0.2, 0.25) is 0 Å². The Bertz CT molecular complexity index is 531. The molecular formula is C16H22N2O. The van der Waals surface area contributed by atoms with Crippen molar-refractivity contribution in [3.63, 3.8) is 0 Å².